The maximum absolute atomic E-state index is 4.67. The van der Waals surface area contributed by atoms with E-state index in [-0.39, 0.29) is 5.41 Å². The van der Waals surface area contributed by atoms with E-state index >= 15 is 0 Å². The molecule has 2 aromatic carbocycles. The maximum atomic E-state index is 4.67. The van der Waals surface area contributed by atoms with Crippen molar-refractivity contribution in [3.63, 3.8) is 0 Å². The van der Waals surface area contributed by atoms with Crippen LogP contribution in [-0.2, 0) is 19.4 Å². The van der Waals surface area contributed by atoms with Gasteiger partial charge in [-0.05, 0) is 47.6 Å². The molecule has 3 N–H and O–H groups in total. The SMILES string of the molecule is C=C(NCc1ccccc1)c1ccc2[nH]c(-c3n[nH]c(CC(C)(C)C)c3CC)cc2c1. The Kier molecular flexibility index (Phi) is 5.73. The van der Waals surface area contributed by atoms with Gasteiger partial charge in [-0.2, -0.15) is 5.10 Å². The average molecular weight is 413 g/mol. The molecule has 4 nitrogen and oxygen atoms in total. The Hall–Kier alpha value is -3.27. The minimum absolute atomic E-state index is 0.218. The summed E-state index contributed by atoms with van der Waals surface area (Å²) in [7, 11) is 0. The highest BCUT2D eigenvalue weighted by atomic mass is 15.1. The molecule has 0 aliphatic carbocycles. The van der Waals surface area contributed by atoms with E-state index in [0.29, 0.717) is 0 Å². The fourth-order valence-corrected chi connectivity index (χ4v) is 4.04. The lowest BCUT2D eigenvalue weighted by atomic mass is 9.88. The number of H-pyrrole nitrogens is 2. The van der Waals surface area contributed by atoms with Gasteiger partial charge in [0, 0.05) is 34.4 Å². The van der Waals surface area contributed by atoms with Gasteiger partial charge in [0.05, 0.1) is 5.69 Å². The molecule has 4 heteroatoms. The summed E-state index contributed by atoms with van der Waals surface area (Å²) in [4.78, 5) is 3.55. The number of rotatable bonds is 7. The molecule has 0 aliphatic rings. The summed E-state index contributed by atoms with van der Waals surface area (Å²) in [5.74, 6) is 0. The number of hydrogen-bond donors (Lipinski definition) is 3. The van der Waals surface area contributed by atoms with Crippen LogP contribution in [-0.4, -0.2) is 15.2 Å². The van der Waals surface area contributed by atoms with Crippen LogP contribution in [0.1, 0.15) is 50.1 Å². The van der Waals surface area contributed by atoms with E-state index in [9.17, 15) is 0 Å². The van der Waals surface area contributed by atoms with Crippen molar-refractivity contribution < 1.29 is 0 Å². The average Bonchev–Trinajstić information content (AvgIpc) is 3.34. The van der Waals surface area contributed by atoms with Crippen LogP contribution < -0.4 is 5.32 Å². The second kappa shape index (κ2) is 8.46. The van der Waals surface area contributed by atoms with Gasteiger partial charge in [0.25, 0.3) is 0 Å². The van der Waals surface area contributed by atoms with Crippen LogP contribution in [0.25, 0.3) is 28.0 Å². The number of nitrogens with one attached hydrogen (secondary N) is 3. The van der Waals surface area contributed by atoms with Crippen LogP contribution in [0.3, 0.4) is 0 Å². The van der Waals surface area contributed by atoms with Crippen LogP contribution in [0.2, 0.25) is 0 Å². The number of nitrogens with zero attached hydrogens (tertiary/aromatic N) is 1. The zero-order chi connectivity index (χ0) is 22.0. The molecule has 0 saturated carbocycles. The monoisotopic (exact) mass is 412 g/mol. The summed E-state index contributed by atoms with van der Waals surface area (Å²) in [6.45, 7) is 14.0. The largest absolute Gasteiger partial charge is 0.381 e. The molecule has 0 amide bonds. The molecule has 0 radical (unpaired) electrons. The van der Waals surface area contributed by atoms with E-state index in [1.807, 2.05) is 6.07 Å². The summed E-state index contributed by atoms with van der Waals surface area (Å²) < 4.78 is 0. The summed E-state index contributed by atoms with van der Waals surface area (Å²) in [5.41, 5.74) is 9.22. The molecule has 4 aromatic rings. The summed E-state index contributed by atoms with van der Waals surface area (Å²) in [5, 5.41) is 12.6. The highest BCUT2D eigenvalue weighted by molar-refractivity contribution is 5.88. The van der Waals surface area contributed by atoms with Crippen LogP contribution in [0.15, 0.2) is 61.2 Å². The van der Waals surface area contributed by atoms with E-state index in [2.05, 4.69) is 103 Å². The number of benzene rings is 2. The lowest BCUT2D eigenvalue weighted by Gasteiger charge is -2.17. The van der Waals surface area contributed by atoms with Gasteiger partial charge in [0.15, 0.2) is 0 Å². The van der Waals surface area contributed by atoms with Gasteiger partial charge in [-0.25, -0.2) is 0 Å². The van der Waals surface area contributed by atoms with E-state index in [1.54, 1.807) is 0 Å². The molecule has 0 fully saturated rings. The number of aromatic amines is 2. The van der Waals surface area contributed by atoms with Crippen molar-refractivity contribution in [2.45, 2.75) is 47.1 Å². The van der Waals surface area contributed by atoms with Crippen LogP contribution >= 0.6 is 0 Å². The predicted molar refractivity (Wildman–Crippen MR) is 131 cm³/mol. The van der Waals surface area contributed by atoms with Crippen molar-refractivity contribution in [1.29, 1.82) is 0 Å². The lowest BCUT2D eigenvalue weighted by molar-refractivity contribution is 0.405. The summed E-state index contributed by atoms with van der Waals surface area (Å²) >= 11 is 0. The summed E-state index contributed by atoms with van der Waals surface area (Å²) in [6, 6.07) is 19.0. The highest BCUT2D eigenvalue weighted by Gasteiger charge is 2.20. The van der Waals surface area contributed by atoms with E-state index in [0.717, 1.165) is 52.9 Å². The molecule has 0 unspecified atom stereocenters. The molecule has 0 spiro atoms. The van der Waals surface area contributed by atoms with Gasteiger partial charge in [0.1, 0.15) is 5.69 Å². The Morgan fingerprint density at radius 3 is 2.55 bits per heavy atom. The standard InChI is InChI=1S/C27H32N4/c1-6-22-25(16-27(3,4)5)30-31-26(22)24-15-21-14-20(12-13-23(21)29-24)18(2)28-17-19-10-8-7-9-11-19/h7-15,28-29H,2,6,16-17H2,1,3-5H3,(H,30,31). The van der Waals surface area contributed by atoms with Crippen molar-refractivity contribution >= 4 is 16.6 Å². The second-order valence-corrected chi connectivity index (χ2v) is 9.42. The normalized spacial score (nSPS) is 11.7. The van der Waals surface area contributed by atoms with Crippen molar-refractivity contribution in [2.24, 2.45) is 5.41 Å². The second-order valence-electron chi connectivity index (χ2n) is 9.42. The molecular weight excluding hydrogens is 380 g/mol. The molecule has 160 valence electrons. The van der Waals surface area contributed by atoms with Crippen molar-refractivity contribution in [2.75, 3.05) is 0 Å². The number of hydrogen-bond acceptors (Lipinski definition) is 2. The third kappa shape index (κ3) is 4.74. The van der Waals surface area contributed by atoms with Gasteiger partial charge >= 0.3 is 0 Å². The van der Waals surface area contributed by atoms with E-state index in [4.69, 9.17) is 0 Å². The Morgan fingerprint density at radius 1 is 1.06 bits per heavy atom. The molecule has 2 heterocycles. The molecule has 31 heavy (non-hydrogen) atoms. The van der Waals surface area contributed by atoms with Crippen LogP contribution in [0.5, 0.6) is 0 Å². The van der Waals surface area contributed by atoms with Crippen LogP contribution in [0.4, 0.5) is 0 Å². The summed E-state index contributed by atoms with van der Waals surface area (Å²) in [6.07, 6.45) is 1.94. The fourth-order valence-electron chi connectivity index (χ4n) is 4.04. The van der Waals surface area contributed by atoms with E-state index in [1.165, 1.54) is 16.8 Å². The lowest BCUT2D eigenvalue weighted by Crippen LogP contribution is -2.10. The first-order valence-electron chi connectivity index (χ1n) is 11.0. The molecule has 0 bridgehead atoms. The fraction of sp³-hybridized carbons (Fsp3) is 0.296. The molecule has 0 atom stereocenters. The Bertz CT molecular complexity index is 1190. The Morgan fingerprint density at radius 2 is 1.84 bits per heavy atom. The van der Waals surface area contributed by atoms with Gasteiger partial charge in [0.2, 0.25) is 0 Å². The molecule has 2 aromatic heterocycles. The predicted octanol–water partition coefficient (Wildman–Crippen LogP) is 6.47. The topological polar surface area (TPSA) is 56.5 Å². The number of fused-ring (bicyclic) bond motifs is 1. The number of aromatic nitrogens is 3. The smallest absolute Gasteiger partial charge is 0.112 e. The van der Waals surface area contributed by atoms with Gasteiger partial charge in [-0.1, -0.05) is 70.7 Å². The Labute approximate surface area is 184 Å². The molecule has 0 aliphatic heterocycles. The van der Waals surface area contributed by atoms with Crippen LogP contribution in [0, 0.1) is 5.41 Å². The van der Waals surface area contributed by atoms with Crippen molar-refractivity contribution in [1.82, 2.24) is 20.5 Å². The van der Waals surface area contributed by atoms with Crippen molar-refractivity contribution in [3.8, 4) is 11.4 Å². The van der Waals surface area contributed by atoms with Gasteiger partial charge < -0.3 is 10.3 Å². The first-order chi connectivity index (χ1) is 14.8. The van der Waals surface area contributed by atoms with Gasteiger partial charge in [-0.15, -0.1) is 0 Å². The highest BCUT2D eigenvalue weighted by Crippen LogP contribution is 2.31. The quantitative estimate of drug-likeness (QED) is 0.326. The minimum Gasteiger partial charge on any atom is -0.381 e. The third-order valence-electron chi connectivity index (χ3n) is 5.59. The molecule has 0 saturated heterocycles. The van der Waals surface area contributed by atoms with Gasteiger partial charge in [-0.3, -0.25) is 5.10 Å². The maximum Gasteiger partial charge on any atom is 0.112 e. The third-order valence-corrected chi connectivity index (χ3v) is 5.59. The minimum atomic E-state index is 0.218. The van der Waals surface area contributed by atoms with E-state index < -0.39 is 0 Å². The first-order valence-corrected chi connectivity index (χ1v) is 11.0. The molecule has 4 rings (SSSR count). The Balaban J connectivity index is 1.57. The van der Waals surface area contributed by atoms with Crippen molar-refractivity contribution in [3.05, 3.63) is 83.6 Å². The molecular formula is C27H32N4. The zero-order valence-electron chi connectivity index (χ0n) is 19.0. The zero-order valence-corrected chi connectivity index (χ0v) is 19.0. The first kappa shape index (κ1) is 21.0.